The van der Waals surface area contributed by atoms with E-state index in [9.17, 15) is 9.59 Å². The average Bonchev–Trinajstić information content (AvgIpc) is 2.71. The monoisotopic (exact) mass is 350 g/mol. The predicted molar refractivity (Wildman–Crippen MR) is 97.6 cm³/mol. The van der Waals surface area contributed by atoms with Gasteiger partial charge in [-0.1, -0.05) is 18.2 Å². The Morgan fingerprint density at radius 3 is 2.35 bits per heavy atom. The van der Waals surface area contributed by atoms with Crippen molar-refractivity contribution in [2.45, 2.75) is 25.7 Å². The van der Waals surface area contributed by atoms with E-state index >= 15 is 0 Å². The number of benzene rings is 1. The molecule has 2 aromatic rings. The lowest BCUT2D eigenvalue weighted by atomic mass is 9.71. The fourth-order valence-corrected chi connectivity index (χ4v) is 4.12. The Kier molecular flexibility index (Phi) is 4.41. The third-order valence-corrected chi connectivity index (χ3v) is 5.62. The number of anilines is 1. The first kappa shape index (κ1) is 16.7. The van der Waals surface area contributed by atoms with Gasteiger partial charge in [0.05, 0.1) is 11.0 Å². The number of carbonyl (C=O) groups is 2. The molecular formula is C20H22N4O2. The van der Waals surface area contributed by atoms with Crippen LogP contribution in [0.15, 0.2) is 49.1 Å². The summed E-state index contributed by atoms with van der Waals surface area (Å²) >= 11 is 0. The molecule has 2 aliphatic heterocycles. The summed E-state index contributed by atoms with van der Waals surface area (Å²) in [4.78, 5) is 37.4. The van der Waals surface area contributed by atoms with Crippen LogP contribution in [-0.2, 0) is 4.79 Å². The summed E-state index contributed by atoms with van der Waals surface area (Å²) in [7, 11) is 0. The lowest BCUT2D eigenvalue weighted by Gasteiger charge is -2.46. The summed E-state index contributed by atoms with van der Waals surface area (Å²) in [5, 5.41) is 0. The van der Waals surface area contributed by atoms with Crippen molar-refractivity contribution in [3.8, 4) is 0 Å². The third-order valence-electron chi connectivity index (χ3n) is 5.62. The van der Waals surface area contributed by atoms with Gasteiger partial charge in [0.1, 0.15) is 6.33 Å². The van der Waals surface area contributed by atoms with Gasteiger partial charge in [0.25, 0.3) is 5.91 Å². The molecule has 1 aromatic carbocycles. The van der Waals surface area contributed by atoms with E-state index in [1.165, 1.54) is 6.33 Å². The highest BCUT2D eigenvalue weighted by molar-refractivity contribution is 5.99. The van der Waals surface area contributed by atoms with Crippen molar-refractivity contribution in [3.05, 3.63) is 54.6 Å². The van der Waals surface area contributed by atoms with Gasteiger partial charge in [-0.25, -0.2) is 9.97 Å². The van der Waals surface area contributed by atoms with E-state index < -0.39 is 0 Å². The minimum Gasteiger partial charge on any atom is -0.338 e. The number of aromatic nitrogens is 2. The van der Waals surface area contributed by atoms with Crippen LogP contribution in [0.2, 0.25) is 0 Å². The zero-order valence-electron chi connectivity index (χ0n) is 14.7. The van der Waals surface area contributed by atoms with Crippen LogP contribution in [0.25, 0.3) is 0 Å². The summed E-state index contributed by atoms with van der Waals surface area (Å²) in [6.45, 7) is 1.97. The molecule has 2 saturated heterocycles. The van der Waals surface area contributed by atoms with E-state index in [1.807, 2.05) is 40.1 Å². The van der Waals surface area contributed by atoms with E-state index in [2.05, 4.69) is 9.97 Å². The number of rotatable bonds is 2. The first-order valence-electron chi connectivity index (χ1n) is 9.11. The topological polar surface area (TPSA) is 66.4 Å². The van der Waals surface area contributed by atoms with E-state index in [0.717, 1.165) is 25.1 Å². The average molecular weight is 350 g/mol. The van der Waals surface area contributed by atoms with Gasteiger partial charge < -0.3 is 9.80 Å². The number of carbonyl (C=O) groups excluding carboxylic acids is 2. The van der Waals surface area contributed by atoms with Crippen molar-refractivity contribution in [1.82, 2.24) is 14.9 Å². The number of nitrogens with zero attached hydrogens (tertiary/aromatic N) is 4. The van der Waals surface area contributed by atoms with Crippen molar-refractivity contribution in [3.63, 3.8) is 0 Å². The maximum Gasteiger partial charge on any atom is 0.256 e. The van der Waals surface area contributed by atoms with Crippen LogP contribution in [0.5, 0.6) is 0 Å². The van der Waals surface area contributed by atoms with Gasteiger partial charge in [0.15, 0.2) is 0 Å². The third kappa shape index (κ3) is 2.96. The number of amides is 2. The molecule has 0 unspecified atom stereocenters. The Morgan fingerprint density at radius 1 is 0.962 bits per heavy atom. The highest BCUT2D eigenvalue weighted by Crippen LogP contribution is 2.42. The van der Waals surface area contributed by atoms with Crippen LogP contribution in [-0.4, -0.2) is 46.3 Å². The molecule has 1 spiro atoms. The second-order valence-electron chi connectivity index (χ2n) is 7.10. The fourth-order valence-electron chi connectivity index (χ4n) is 4.12. The number of hydrogen-bond donors (Lipinski definition) is 0. The first-order valence-corrected chi connectivity index (χ1v) is 9.11. The molecule has 0 atom stereocenters. The molecule has 0 bridgehead atoms. The van der Waals surface area contributed by atoms with Crippen LogP contribution in [0.3, 0.4) is 0 Å². The van der Waals surface area contributed by atoms with Crippen LogP contribution in [0, 0.1) is 5.41 Å². The highest BCUT2D eigenvalue weighted by Gasteiger charge is 2.46. The molecule has 2 amide bonds. The van der Waals surface area contributed by atoms with E-state index in [-0.39, 0.29) is 17.2 Å². The van der Waals surface area contributed by atoms with Crippen molar-refractivity contribution < 1.29 is 9.59 Å². The predicted octanol–water partition coefficient (Wildman–Crippen LogP) is 2.53. The van der Waals surface area contributed by atoms with E-state index in [4.69, 9.17) is 0 Å². The van der Waals surface area contributed by atoms with Crippen LogP contribution in [0.4, 0.5) is 5.69 Å². The second-order valence-corrected chi connectivity index (χ2v) is 7.10. The van der Waals surface area contributed by atoms with Gasteiger partial charge in [0.2, 0.25) is 5.91 Å². The first-order chi connectivity index (χ1) is 12.7. The number of hydrogen-bond acceptors (Lipinski definition) is 4. The highest BCUT2D eigenvalue weighted by atomic mass is 16.2. The summed E-state index contributed by atoms with van der Waals surface area (Å²) in [6.07, 6.45) is 7.85. The van der Waals surface area contributed by atoms with Gasteiger partial charge >= 0.3 is 0 Å². The maximum absolute atomic E-state index is 13.3. The molecule has 0 saturated carbocycles. The fraction of sp³-hybridized carbons (Fsp3) is 0.400. The van der Waals surface area contributed by atoms with Gasteiger partial charge in [0, 0.05) is 37.7 Å². The van der Waals surface area contributed by atoms with E-state index in [1.54, 1.807) is 12.4 Å². The Hall–Kier alpha value is -2.76. The molecule has 134 valence electrons. The molecule has 6 heteroatoms. The Morgan fingerprint density at radius 2 is 1.65 bits per heavy atom. The Balaban J connectivity index is 1.47. The number of likely N-dealkylation sites (tertiary alicyclic amines) is 1. The minimum atomic E-state index is -0.335. The normalized spacial score (nSPS) is 19.6. The van der Waals surface area contributed by atoms with Crippen molar-refractivity contribution in [1.29, 1.82) is 0 Å². The van der Waals surface area contributed by atoms with Crippen LogP contribution >= 0.6 is 0 Å². The van der Waals surface area contributed by atoms with Gasteiger partial charge in [-0.05, 0) is 37.8 Å². The van der Waals surface area contributed by atoms with Gasteiger partial charge in [-0.15, -0.1) is 0 Å². The van der Waals surface area contributed by atoms with Gasteiger partial charge in [-0.2, -0.15) is 0 Å². The summed E-state index contributed by atoms with van der Waals surface area (Å²) < 4.78 is 0. The molecule has 6 nitrogen and oxygen atoms in total. The smallest absolute Gasteiger partial charge is 0.256 e. The quantitative estimate of drug-likeness (QED) is 0.835. The van der Waals surface area contributed by atoms with Crippen molar-refractivity contribution >= 4 is 17.5 Å². The summed E-state index contributed by atoms with van der Waals surface area (Å²) in [5.41, 5.74) is 1.14. The van der Waals surface area contributed by atoms with E-state index in [0.29, 0.717) is 31.5 Å². The Bertz CT molecular complexity index is 786. The van der Waals surface area contributed by atoms with Gasteiger partial charge in [-0.3, -0.25) is 9.59 Å². The lowest BCUT2D eigenvalue weighted by Crippen LogP contribution is -2.54. The molecule has 26 heavy (non-hydrogen) atoms. The van der Waals surface area contributed by atoms with Crippen LogP contribution in [0.1, 0.15) is 36.0 Å². The molecule has 2 fully saturated rings. The number of para-hydroxylation sites is 1. The molecular weight excluding hydrogens is 328 g/mol. The minimum absolute atomic E-state index is 0.0522. The molecule has 2 aliphatic rings. The van der Waals surface area contributed by atoms with Crippen molar-refractivity contribution in [2.75, 3.05) is 24.5 Å². The lowest BCUT2D eigenvalue weighted by molar-refractivity contribution is -0.133. The molecule has 4 rings (SSSR count). The zero-order valence-corrected chi connectivity index (χ0v) is 14.7. The van der Waals surface area contributed by atoms with Crippen LogP contribution < -0.4 is 4.90 Å². The standard InChI is InChI=1S/C20H22N4O2/c25-18(16-13-21-15-22-14-16)23-11-8-20(9-12-23)7-4-10-24(19(20)26)17-5-2-1-3-6-17/h1-3,5-6,13-15H,4,7-12H2. The van der Waals surface area contributed by atoms with Crippen molar-refractivity contribution in [2.24, 2.45) is 5.41 Å². The molecule has 1 aromatic heterocycles. The molecule has 0 aliphatic carbocycles. The molecule has 0 radical (unpaired) electrons. The molecule has 3 heterocycles. The largest absolute Gasteiger partial charge is 0.338 e. The Labute approximate surface area is 152 Å². The summed E-state index contributed by atoms with van der Waals surface area (Å²) in [5.74, 6) is 0.161. The summed E-state index contributed by atoms with van der Waals surface area (Å²) in [6, 6.07) is 9.88. The second kappa shape index (κ2) is 6.86. The number of piperidine rings is 2. The zero-order chi connectivity index (χ0) is 18.0. The maximum atomic E-state index is 13.3. The molecule has 0 N–H and O–H groups in total. The SMILES string of the molecule is O=C(c1cncnc1)N1CCC2(CCCN(c3ccccc3)C2=O)CC1.